The zero-order valence-electron chi connectivity index (χ0n) is 11.3. The van der Waals surface area contributed by atoms with Crippen LogP contribution < -0.4 is 5.73 Å². The molecule has 0 bridgehead atoms. The highest BCUT2D eigenvalue weighted by atomic mass is 15.3. The normalized spacial score (nSPS) is 21.6. The van der Waals surface area contributed by atoms with E-state index in [1.807, 2.05) is 0 Å². The molecule has 2 N–H and O–H groups in total. The molecule has 0 spiro atoms. The Bertz CT molecular complexity index is 174. The minimum absolute atomic E-state index is 0.688. The molecule has 1 saturated heterocycles. The zero-order valence-corrected chi connectivity index (χ0v) is 11.3. The van der Waals surface area contributed by atoms with E-state index in [0.717, 1.165) is 12.5 Å². The van der Waals surface area contributed by atoms with Crippen LogP contribution in [-0.4, -0.2) is 55.6 Å². The van der Waals surface area contributed by atoms with Gasteiger partial charge in [0.05, 0.1) is 0 Å². The van der Waals surface area contributed by atoms with E-state index in [-0.39, 0.29) is 0 Å². The third kappa shape index (κ3) is 4.81. The summed E-state index contributed by atoms with van der Waals surface area (Å²) in [5.41, 5.74) is 5.85. The molecule has 0 aromatic rings. The topological polar surface area (TPSA) is 32.5 Å². The van der Waals surface area contributed by atoms with E-state index >= 15 is 0 Å². The molecule has 96 valence electrons. The van der Waals surface area contributed by atoms with Crippen molar-refractivity contribution in [1.29, 1.82) is 0 Å². The van der Waals surface area contributed by atoms with Crippen LogP contribution in [0.1, 0.15) is 27.2 Å². The van der Waals surface area contributed by atoms with Gasteiger partial charge in [-0.1, -0.05) is 20.8 Å². The maximum absolute atomic E-state index is 5.85. The summed E-state index contributed by atoms with van der Waals surface area (Å²) >= 11 is 0. The number of rotatable bonds is 6. The monoisotopic (exact) mass is 227 g/mol. The molecular weight excluding hydrogens is 198 g/mol. The third-order valence-corrected chi connectivity index (χ3v) is 3.57. The second-order valence-electron chi connectivity index (χ2n) is 5.47. The summed E-state index contributed by atoms with van der Waals surface area (Å²) in [7, 11) is 0. The van der Waals surface area contributed by atoms with Gasteiger partial charge in [0.15, 0.2) is 0 Å². The van der Waals surface area contributed by atoms with Gasteiger partial charge in [-0.3, -0.25) is 0 Å². The first-order valence-electron chi connectivity index (χ1n) is 6.80. The average Bonchev–Trinajstić information content (AvgIpc) is 2.28. The highest BCUT2D eigenvalue weighted by Crippen LogP contribution is 2.13. The largest absolute Gasteiger partial charge is 0.330 e. The van der Waals surface area contributed by atoms with Crippen LogP contribution in [0.25, 0.3) is 0 Å². The molecule has 3 nitrogen and oxygen atoms in total. The molecule has 1 atom stereocenters. The second-order valence-corrected chi connectivity index (χ2v) is 5.47. The Morgan fingerprint density at radius 2 is 1.62 bits per heavy atom. The lowest BCUT2D eigenvalue weighted by Gasteiger charge is -2.36. The molecule has 0 aromatic heterocycles. The van der Waals surface area contributed by atoms with E-state index in [1.165, 1.54) is 45.7 Å². The van der Waals surface area contributed by atoms with E-state index < -0.39 is 0 Å². The first-order chi connectivity index (χ1) is 7.65. The van der Waals surface area contributed by atoms with E-state index in [2.05, 4.69) is 30.6 Å². The Labute approximate surface area is 101 Å². The molecule has 0 amide bonds. The molecular formula is C13H29N3. The number of hydrogen-bond acceptors (Lipinski definition) is 3. The van der Waals surface area contributed by atoms with Crippen LogP contribution in [0.5, 0.6) is 0 Å². The lowest BCUT2D eigenvalue weighted by molar-refractivity contribution is 0.118. The van der Waals surface area contributed by atoms with Crippen LogP contribution in [0.15, 0.2) is 0 Å². The fourth-order valence-corrected chi connectivity index (χ4v) is 2.57. The second kappa shape index (κ2) is 7.25. The predicted octanol–water partition coefficient (Wildman–Crippen LogP) is 1.24. The molecule has 3 heteroatoms. The number of hydrogen-bond donors (Lipinski definition) is 1. The molecule has 1 unspecified atom stereocenters. The Hall–Kier alpha value is -0.120. The Morgan fingerprint density at radius 1 is 1.06 bits per heavy atom. The molecule has 1 heterocycles. The van der Waals surface area contributed by atoms with Gasteiger partial charge in [-0.25, -0.2) is 0 Å². The van der Waals surface area contributed by atoms with Crippen molar-refractivity contribution in [3.63, 3.8) is 0 Å². The minimum Gasteiger partial charge on any atom is -0.330 e. The van der Waals surface area contributed by atoms with E-state index in [0.29, 0.717) is 5.92 Å². The van der Waals surface area contributed by atoms with Crippen molar-refractivity contribution < 1.29 is 0 Å². The Balaban J connectivity index is 2.25. The Morgan fingerprint density at radius 3 is 2.06 bits per heavy atom. The molecule has 0 saturated carbocycles. The van der Waals surface area contributed by atoms with Crippen LogP contribution in [0.4, 0.5) is 0 Å². The number of nitrogens with two attached hydrogens (primary N) is 1. The summed E-state index contributed by atoms with van der Waals surface area (Å²) in [6, 6.07) is 0. The first kappa shape index (κ1) is 13.9. The number of likely N-dealkylation sites (N-methyl/N-ethyl adjacent to an activating group) is 1. The van der Waals surface area contributed by atoms with Gasteiger partial charge in [0.1, 0.15) is 0 Å². The predicted molar refractivity (Wildman–Crippen MR) is 70.6 cm³/mol. The minimum atomic E-state index is 0.688. The molecule has 1 aliphatic heterocycles. The summed E-state index contributed by atoms with van der Waals surface area (Å²) in [4.78, 5) is 5.11. The van der Waals surface area contributed by atoms with Crippen molar-refractivity contribution in [1.82, 2.24) is 9.80 Å². The van der Waals surface area contributed by atoms with Crippen molar-refractivity contribution in [2.24, 2.45) is 17.6 Å². The maximum atomic E-state index is 5.85. The van der Waals surface area contributed by atoms with Gasteiger partial charge >= 0.3 is 0 Å². The van der Waals surface area contributed by atoms with Crippen molar-refractivity contribution in [2.45, 2.75) is 27.2 Å². The Kier molecular flexibility index (Phi) is 6.32. The van der Waals surface area contributed by atoms with Crippen molar-refractivity contribution >= 4 is 0 Å². The van der Waals surface area contributed by atoms with Crippen LogP contribution in [0.2, 0.25) is 0 Å². The molecule has 16 heavy (non-hydrogen) atoms. The fraction of sp³-hybridized carbons (Fsp3) is 1.00. The first-order valence-corrected chi connectivity index (χ1v) is 6.80. The summed E-state index contributed by atoms with van der Waals surface area (Å²) in [5, 5.41) is 0. The summed E-state index contributed by atoms with van der Waals surface area (Å²) in [6.07, 6.45) is 1.27. The highest BCUT2D eigenvalue weighted by Gasteiger charge is 2.19. The molecule has 0 aromatic carbocycles. The maximum Gasteiger partial charge on any atom is 0.0110 e. The van der Waals surface area contributed by atoms with Crippen LogP contribution in [0, 0.1) is 11.8 Å². The van der Waals surface area contributed by atoms with Crippen LogP contribution in [0.3, 0.4) is 0 Å². The van der Waals surface area contributed by atoms with Gasteiger partial charge in [0.25, 0.3) is 0 Å². The lowest BCUT2D eigenvalue weighted by atomic mass is 9.96. The fourth-order valence-electron chi connectivity index (χ4n) is 2.57. The van der Waals surface area contributed by atoms with E-state index in [1.54, 1.807) is 0 Å². The van der Waals surface area contributed by atoms with Gasteiger partial charge in [0, 0.05) is 32.7 Å². The molecule has 0 aliphatic carbocycles. The van der Waals surface area contributed by atoms with Gasteiger partial charge in [0.2, 0.25) is 0 Å². The van der Waals surface area contributed by atoms with Crippen molar-refractivity contribution in [3.05, 3.63) is 0 Å². The summed E-state index contributed by atoms with van der Waals surface area (Å²) in [5.74, 6) is 1.46. The summed E-state index contributed by atoms with van der Waals surface area (Å²) < 4.78 is 0. The van der Waals surface area contributed by atoms with Crippen molar-refractivity contribution in [3.8, 4) is 0 Å². The van der Waals surface area contributed by atoms with Crippen LogP contribution >= 0.6 is 0 Å². The van der Waals surface area contributed by atoms with E-state index in [9.17, 15) is 0 Å². The standard InChI is InChI=1S/C13H29N3/c1-4-15-5-7-16(8-6-15)11-13(10-14)9-12(2)3/h12-13H,4-11,14H2,1-3H3. The van der Waals surface area contributed by atoms with Gasteiger partial charge in [-0.2, -0.15) is 0 Å². The number of piperazine rings is 1. The molecule has 1 aliphatic rings. The lowest BCUT2D eigenvalue weighted by Crippen LogP contribution is -2.48. The molecule has 0 radical (unpaired) electrons. The smallest absolute Gasteiger partial charge is 0.0110 e. The molecule has 1 fully saturated rings. The van der Waals surface area contributed by atoms with E-state index in [4.69, 9.17) is 5.73 Å². The third-order valence-electron chi connectivity index (χ3n) is 3.57. The van der Waals surface area contributed by atoms with Gasteiger partial charge < -0.3 is 15.5 Å². The number of nitrogens with zero attached hydrogens (tertiary/aromatic N) is 2. The van der Waals surface area contributed by atoms with Gasteiger partial charge in [-0.15, -0.1) is 0 Å². The highest BCUT2D eigenvalue weighted by molar-refractivity contribution is 4.74. The average molecular weight is 227 g/mol. The van der Waals surface area contributed by atoms with Crippen molar-refractivity contribution in [2.75, 3.05) is 45.8 Å². The quantitative estimate of drug-likeness (QED) is 0.741. The van der Waals surface area contributed by atoms with Crippen LogP contribution in [-0.2, 0) is 0 Å². The summed E-state index contributed by atoms with van der Waals surface area (Å²) in [6.45, 7) is 15.0. The van der Waals surface area contributed by atoms with Gasteiger partial charge in [-0.05, 0) is 31.3 Å². The SMILES string of the molecule is CCN1CCN(CC(CN)CC(C)C)CC1. The zero-order chi connectivity index (χ0) is 12.0. The molecule has 1 rings (SSSR count).